The molecule has 0 aromatic rings. The largest absolute Gasteiger partial charge is 0.325 e. The molecule has 10 heteroatoms. The molecule has 2 unspecified atom stereocenters. The van der Waals surface area contributed by atoms with Crippen LogP contribution in [0.1, 0.15) is 12.8 Å². The summed E-state index contributed by atoms with van der Waals surface area (Å²) in [4.78, 5) is 33.5. The van der Waals surface area contributed by atoms with E-state index in [1.165, 1.54) is 16.5 Å². The first-order valence-corrected chi connectivity index (χ1v) is 11.8. The first kappa shape index (κ1) is 17.2. The lowest BCUT2D eigenvalue weighted by Gasteiger charge is -2.06. The molecule has 1 aliphatic rings. The molecule has 1 rings (SSSR count). The highest BCUT2D eigenvalue weighted by molar-refractivity contribution is 8.15. The molecule has 0 spiro atoms. The standard InChI is InChI=1S/C4H12O6P2.C2H6P2/c5-11(6,7)3-1-2-4-12(8,9)10;1-2-4-3-1/h1-4H2,(H2,5,6,7)(H2,8,9,10);3-4H,1-2H2. The van der Waals surface area contributed by atoms with Crippen molar-refractivity contribution in [1.29, 1.82) is 0 Å². The van der Waals surface area contributed by atoms with Crippen molar-refractivity contribution >= 4 is 31.7 Å². The van der Waals surface area contributed by atoms with E-state index in [-0.39, 0.29) is 25.2 Å². The van der Waals surface area contributed by atoms with E-state index < -0.39 is 15.2 Å². The summed E-state index contributed by atoms with van der Waals surface area (Å²) in [5, 5.41) is 0. The smallest absolute Gasteiger partial charge is 0.324 e. The average Bonchev–Trinajstić information content (AvgIpc) is 1.91. The van der Waals surface area contributed by atoms with Gasteiger partial charge in [-0.25, -0.2) is 0 Å². The summed E-state index contributed by atoms with van der Waals surface area (Å²) < 4.78 is 20.5. The van der Waals surface area contributed by atoms with Crippen LogP contribution in [0.3, 0.4) is 0 Å². The number of rotatable bonds is 5. The minimum absolute atomic E-state index is 0.134. The minimum atomic E-state index is -4.00. The molecule has 1 saturated heterocycles. The van der Waals surface area contributed by atoms with Crippen LogP contribution in [0.4, 0.5) is 0 Å². The number of unbranched alkanes of at least 4 members (excludes halogenated alkanes) is 1. The molecule has 98 valence electrons. The molecular formula is C6H18O6P4. The van der Waals surface area contributed by atoms with Gasteiger partial charge in [-0.3, -0.25) is 9.13 Å². The Morgan fingerprint density at radius 3 is 1.19 bits per heavy atom. The molecule has 0 aliphatic carbocycles. The van der Waals surface area contributed by atoms with Gasteiger partial charge in [-0.05, 0) is 25.2 Å². The maximum Gasteiger partial charge on any atom is 0.325 e. The third kappa shape index (κ3) is 15.2. The van der Waals surface area contributed by atoms with Crippen LogP contribution in [0, 0.1) is 0 Å². The summed E-state index contributed by atoms with van der Waals surface area (Å²) in [6.07, 6.45) is 2.72. The molecule has 0 amide bonds. The van der Waals surface area contributed by atoms with Gasteiger partial charge in [0, 0.05) is 12.3 Å². The molecular weight excluding hydrogens is 292 g/mol. The molecule has 0 bridgehead atoms. The van der Waals surface area contributed by atoms with Crippen LogP contribution < -0.4 is 0 Å². The van der Waals surface area contributed by atoms with E-state index in [0.717, 1.165) is 0 Å². The van der Waals surface area contributed by atoms with Gasteiger partial charge in [-0.1, -0.05) is 16.5 Å². The fourth-order valence-electron chi connectivity index (χ4n) is 0.761. The van der Waals surface area contributed by atoms with Crippen molar-refractivity contribution in [2.45, 2.75) is 12.8 Å². The van der Waals surface area contributed by atoms with Gasteiger partial charge in [-0.15, -0.1) is 0 Å². The Labute approximate surface area is 98.4 Å². The molecule has 0 aromatic carbocycles. The lowest BCUT2D eigenvalue weighted by atomic mass is 10.4. The van der Waals surface area contributed by atoms with E-state index in [1.807, 2.05) is 0 Å². The second-order valence-corrected chi connectivity index (χ2v) is 10.7. The van der Waals surface area contributed by atoms with E-state index >= 15 is 0 Å². The maximum absolute atomic E-state index is 10.3. The Balaban J connectivity index is 0.000000462. The molecule has 1 aliphatic heterocycles. The Morgan fingerprint density at radius 1 is 0.812 bits per heavy atom. The number of hydrogen-bond acceptors (Lipinski definition) is 2. The SMILES string of the molecule is C1CPP1.O=P(O)(O)CCCCP(=O)(O)O. The Hall–Kier alpha value is 1.16. The highest BCUT2D eigenvalue weighted by Gasteiger charge is 2.15. The molecule has 0 saturated carbocycles. The van der Waals surface area contributed by atoms with Crippen LogP contribution in [-0.4, -0.2) is 44.2 Å². The van der Waals surface area contributed by atoms with Crippen LogP contribution >= 0.6 is 31.7 Å². The Bertz CT molecular complexity index is 238. The molecule has 0 radical (unpaired) electrons. The maximum atomic E-state index is 10.3. The fraction of sp³-hybridized carbons (Fsp3) is 1.00. The van der Waals surface area contributed by atoms with Crippen molar-refractivity contribution in [2.75, 3.05) is 24.6 Å². The van der Waals surface area contributed by atoms with Crippen LogP contribution in [-0.2, 0) is 9.13 Å². The minimum Gasteiger partial charge on any atom is -0.324 e. The zero-order valence-corrected chi connectivity index (χ0v) is 12.5. The molecule has 16 heavy (non-hydrogen) atoms. The lowest BCUT2D eigenvalue weighted by Crippen LogP contribution is -1.92. The Kier molecular flexibility index (Phi) is 8.90. The highest BCUT2D eigenvalue weighted by Crippen LogP contribution is 2.46. The van der Waals surface area contributed by atoms with Gasteiger partial charge < -0.3 is 19.6 Å². The van der Waals surface area contributed by atoms with Crippen LogP contribution in [0.2, 0.25) is 0 Å². The fourth-order valence-corrected chi connectivity index (χ4v) is 3.03. The van der Waals surface area contributed by atoms with Crippen LogP contribution in [0.5, 0.6) is 0 Å². The van der Waals surface area contributed by atoms with E-state index in [1.54, 1.807) is 12.3 Å². The van der Waals surface area contributed by atoms with E-state index in [0.29, 0.717) is 0 Å². The third-order valence-electron chi connectivity index (χ3n) is 1.65. The molecule has 4 N–H and O–H groups in total. The average molecular weight is 310 g/mol. The van der Waals surface area contributed by atoms with Crippen molar-refractivity contribution in [3.8, 4) is 0 Å². The second kappa shape index (κ2) is 8.29. The summed E-state index contributed by atoms with van der Waals surface area (Å²) in [6, 6.07) is 0. The molecule has 6 nitrogen and oxygen atoms in total. The van der Waals surface area contributed by atoms with Gasteiger partial charge in [-0.2, -0.15) is 0 Å². The van der Waals surface area contributed by atoms with Gasteiger partial charge in [0.15, 0.2) is 0 Å². The number of hydrogen-bond donors (Lipinski definition) is 4. The predicted octanol–water partition coefficient (Wildman–Crippen LogP) is 1.39. The van der Waals surface area contributed by atoms with Gasteiger partial charge >= 0.3 is 15.2 Å². The van der Waals surface area contributed by atoms with Gasteiger partial charge in [0.05, 0.1) is 0 Å². The molecule has 1 heterocycles. The molecule has 2 atom stereocenters. The van der Waals surface area contributed by atoms with Crippen molar-refractivity contribution in [2.24, 2.45) is 0 Å². The van der Waals surface area contributed by atoms with Gasteiger partial charge in [0.2, 0.25) is 0 Å². The topological polar surface area (TPSA) is 115 Å². The van der Waals surface area contributed by atoms with Gasteiger partial charge in [0.1, 0.15) is 0 Å². The van der Waals surface area contributed by atoms with Gasteiger partial charge in [0.25, 0.3) is 0 Å². The lowest BCUT2D eigenvalue weighted by molar-refractivity contribution is 0.364. The summed E-state index contributed by atoms with van der Waals surface area (Å²) in [5.41, 5.74) is 0. The quantitative estimate of drug-likeness (QED) is 0.450. The van der Waals surface area contributed by atoms with E-state index in [4.69, 9.17) is 19.6 Å². The van der Waals surface area contributed by atoms with Crippen molar-refractivity contribution in [1.82, 2.24) is 0 Å². The first-order valence-electron chi connectivity index (χ1n) is 4.75. The summed E-state index contributed by atoms with van der Waals surface area (Å²) in [5.74, 6) is 0. The van der Waals surface area contributed by atoms with Crippen molar-refractivity contribution in [3.05, 3.63) is 0 Å². The zero-order valence-electron chi connectivity index (χ0n) is 8.74. The first-order chi connectivity index (χ1) is 7.21. The highest BCUT2D eigenvalue weighted by atomic mass is 32.0. The van der Waals surface area contributed by atoms with Crippen molar-refractivity contribution in [3.63, 3.8) is 0 Å². The monoisotopic (exact) mass is 310 g/mol. The summed E-state index contributed by atoms with van der Waals surface area (Å²) >= 11 is 0. The van der Waals surface area contributed by atoms with E-state index in [2.05, 4.69) is 0 Å². The third-order valence-corrected chi connectivity index (χ3v) is 7.45. The molecule has 0 aromatic heterocycles. The van der Waals surface area contributed by atoms with Crippen molar-refractivity contribution < 1.29 is 28.7 Å². The molecule has 1 fully saturated rings. The summed E-state index contributed by atoms with van der Waals surface area (Å²) in [7, 11) is -5.30. The normalized spacial score (nSPS) is 19.0. The van der Waals surface area contributed by atoms with E-state index in [9.17, 15) is 9.13 Å². The summed E-state index contributed by atoms with van der Waals surface area (Å²) in [6.45, 7) is 0. The van der Waals surface area contributed by atoms with Crippen LogP contribution in [0.25, 0.3) is 0 Å². The Morgan fingerprint density at radius 2 is 1.06 bits per heavy atom. The zero-order chi connectivity index (χ0) is 12.7. The van der Waals surface area contributed by atoms with Crippen LogP contribution in [0.15, 0.2) is 0 Å². The second-order valence-electron chi connectivity index (χ2n) is 3.34. The predicted molar refractivity (Wildman–Crippen MR) is 69.4 cm³/mol.